The molecule has 0 saturated carbocycles. The van der Waals surface area contributed by atoms with E-state index in [9.17, 15) is 4.79 Å². The number of anilines is 1. The molecule has 1 amide bonds. The molecule has 0 atom stereocenters. The van der Waals surface area contributed by atoms with Crippen molar-refractivity contribution in [2.24, 2.45) is 5.92 Å². The van der Waals surface area contributed by atoms with Crippen LogP contribution in [0.4, 0.5) is 5.69 Å². The highest BCUT2D eigenvalue weighted by atomic mass is 16.1. The van der Waals surface area contributed by atoms with Gasteiger partial charge in [0.15, 0.2) is 0 Å². The maximum Gasteiger partial charge on any atom is 0.224 e. The first-order valence-corrected chi connectivity index (χ1v) is 6.07. The number of hydrogen-bond donors (Lipinski definition) is 1. The predicted molar refractivity (Wildman–Crippen MR) is 66.6 cm³/mol. The minimum absolute atomic E-state index is 0.153. The fourth-order valence-electron chi connectivity index (χ4n) is 2.21. The van der Waals surface area contributed by atoms with Gasteiger partial charge in [-0.25, -0.2) is 0 Å². The van der Waals surface area contributed by atoms with E-state index >= 15 is 0 Å². The average molecular weight is 217 g/mol. The van der Waals surface area contributed by atoms with Crippen molar-refractivity contribution in [1.82, 2.24) is 0 Å². The Bertz CT molecular complexity index is 396. The van der Waals surface area contributed by atoms with Crippen LogP contribution in [0.2, 0.25) is 0 Å². The van der Waals surface area contributed by atoms with E-state index in [2.05, 4.69) is 37.4 Å². The lowest BCUT2D eigenvalue weighted by molar-refractivity contribution is -0.116. The van der Waals surface area contributed by atoms with Crippen molar-refractivity contribution in [3.05, 3.63) is 29.3 Å². The molecule has 16 heavy (non-hydrogen) atoms. The number of nitrogens with one attached hydrogen (secondary N) is 1. The lowest BCUT2D eigenvalue weighted by atomic mass is 9.99. The van der Waals surface area contributed by atoms with Gasteiger partial charge in [-0.15, -0.1) is 0 Å². The van der Waals surface area contributed by atoms with Crippen molar-refractivity contribution in [3.63, 3.8) is 0 Å². The summed E-state index contributed by atoms with van der Waals surface area (Å²) in [6.45, 7) is 4.43. The van der Waals surface area contributed by atoms with Crippen LogP contribution in [0.1, 0.15) is 37.8 Å². The molecule has 2 heteroatoms. The fourth-order valence-corrected chi connectivity index (χ4v) is 2.21. The van der Waals surface area contributed by atoms with Crippen LogP contribution < -0.4 is 5.32 Å². The van der Waals surface area contributed by atoms with Crippen LogP contribution in [0.3, 0.4) is 0 Å². The second-order valence-corrected chi connectivity index (χ2v) is 4.99. The summed E-state index contributed by atoms with van der Waals surface area (Å²) in [5, 5.41) is 3.00. The molecule has 2 rings (SSSR count). The Kier molecular flexibility index (Phi) is 3.28. The first kappa shape index (κ1) is 11.2. The molecule has 1 N–H and O–H groups in total. The molecule has 1 aliphatic rings. The summed E-state index contributed by atoms with van der Waals surface area (Å²) >= 11 is 0. The van der Waals surface area contributed by atoms with E-state index in [0.717, 1.165) is 24.9 Å². The highest BCUT2D eigenvalue weighted by Gasteiger charge is 2.13. The molecule has 1 aromatic rings. The molecule has 0 saturated heterocycles. The third-order valence-corrected chi connectivity index (χ3v) is 2.94. The zero-order valence-corrected chi connectivity index (χ0v) is 10.0. The van der Waals surface area contributed by atoms with Gasteiger partial charge in [0, 0.05) is 12.1 Å². The van der Waals surface area contributed by atoms with Crippen LogP contribution in [0.5, 0.6) is 0 Å². The maximum atomic E-state index is 11.5. The number of rotatable bonds is 2. The van der Waals surface area contributed by atoms with Gasteiger partial charge in [0.1, 0.15) is 0 Å². The SMILES string of the molecule is CC(C)Cc1ccc2c(c1)NC(=O)CCC2. The van der Waals surface area contributed by atoms with E-state index in [1.807, 2.05) is 0 Å². The number of fused-ring (bicyclic) bond motifs is 1. The van der Waals surface area contributed by atoms with Gasteiger partial charge in [-0.2, -0.15) is 0 Å². The summed E-state index contributed by atoms with van der Waals surface area (Å²) in [5.41, 5.74) is 3.62. The lowest BCUT2D eigenvalue weighted by Crippen LogP contribution is -2.09. The van der Waals surface area contributed by atoms with E-state index in [1.54, 1.807) is 0 Å². The zero-order chi connectivity index (χ0) is 11.5. The normalized spacial score (nSPS) is 15.6. The molecule has 0 aliphatic carbocycles. The fraction of sp³-hybridized carbons (Fsp3) is 0.500. The minimum Gasteiger partial charge on any atom is -0.326 e. The number of hydrogen-bond acceptors (Lipinski definition) is 1. The Labute approximate surface area is 97.1 Å². The molecule has 1 aliphatic heterocycles. The van der Waals surface area contributed by atoms with E-state index in [1.165, 1.54) is 11.1 Å². The molecular formula is C14H19NO. The lowest BCUT2D eigenvalue weighted by Gasteiger charge is -2.10. The van der Waals surface area contributed by atoms with E-state index in [0.29, 0.717) is 12.3 Å². The molecule has 86 valence electrons. The Morgan fingerprint density at radius 3 is 2.88 bits per heavy atom. The van der Waals surface area contributed by atoms with Gasteiger partial charge in [-0.1, -0.05) is 26.0 Å². The molecular weight excluding hydrogens is 198 g/mol. The monoisotopic (exact) mass is 217 g/mol. The Hall–Kier alpha value is -1.31. The third-order valence-electron chi connectivity index (χ3n) is 2.94. The third kappa shape index (κ3) is 2.63. The van der Waals surface area contributed by atoms with Gasteiger partial charge in [-0.05, 0) is 42.4 Å². The molecule has 0 bridgehead atoms. The summed E-state index contributed by atoms with van der Waals surface area (Å²) in [6, 6.07) is 6.49. The number of benzene rings is 1. The minimum atomic E-state index is 0.153. The molecule has 2 nitrogen and oxygen atoms in total. The van der Waals surface area contributed by atoms with Crippen LogP contribution in [0.15, 0.2) is 18.2 Å². The summed E-state index contributed by atoms with van der Waals surface area (Å²) in [5.74, 6) is 0.806. The van der Waals surface area contributed by atoms with Crippen molar-refractivity contribution in [3.8, 4) is 0 Å². The Morgan fingerprint density at radius 1 is 1.31 bits per heavy atom. The van der Waals surface area contributed by atoms with Crippen molar-refractivity contribution in [2.45, 2.75) is 39.5 Å². The molecule has 0 fully saturated rings. The van der Waals surface area contributed by atoms with E-state index in [4.69, 9.17) is 0 Å². The summed E-state index contributed by atoms with van der Waals surface area (Å²) in [6.07, 6.45) is 3.69. The second kappa shape index (κ2) is 4.69. The van der Waals surface area contributed by atoms with Gasteiger partial charge in [0.05, 0.1) is 0 Å². The molecule has 0 spiro atoms. The van der Waals surface area contributed by atoms with Gasteiger partial charge in [-0.3, -0.25) is 4.79 Å². The van der Waals surface area contributed by atoms with Crippen molar-refractivity contribution in [2.75, 3.05) is 5.32 Å². The number of carbonyl (C=O) groups excluding carboxylic acids is 1. The number of amides is 1. The van der Waals surface area contributed by atoms with Crippen LogP contribution in [-0.4, -0.2) is 5.91 Å². The van der Waals surface area contributed by atoms with Gasteiger partial charge in [0.25, 0.3) is 0 Å². The van der Waals surface area contributed by atoms with Crippen molar-refractivity contribution >= 4 is 11.6 Å². The summed E-state index contributed by atoms with van der Waals surface area (Å²) < 4.78 is 0. The summed E-state index contributed by atoms with van der Waals surface area (Å²) in [7, 11) is 0. The van der Waals surface area contributed by atoms with Crippen LogP contribution in [-0.2, 0) is 17.6 Å². The van der Waals surface area contributed by atoms with Crippen LogP contribution in [0.25, 0.3) is 0 Å². The topological polar surface area (TPSA) is 29.1 Å². The van der Waals surface area contributed by atoms with Crippen molar-refractivity contribution < 1.29 is 4.79 Å². The van der Waals surface area contributed by atoms with Crippen LogP contribution in [0, 0.1) is 5.92 Å². The number of carbonyl (C=O) groups is 1. The zero-order valence-electron chi connectivity index (χ0n) is 10.0. The number of aryl methyl sites for hydroxylation is 1. The van der Waals surface area contributed by atoms with Gasteiger partial charge in [0.2, 0.25) is 5.91 Å². The Balaban J connectivity index is 2.25. The van der Waals surface area contributed by atoms with Crippen molar-refractivity contribution in [1.29, 1.82) is 0 Å². The largest absolute Gasteiger partial charge is 0.326 e. The van der Waals surface area contributed by atoms with Gasteiger partial charge >= 0.3 is 0 Å². The molecule has 0 aromatic heterocycles. The smallest absolute Gasteiger partial charge is 0.224 e. The predicted octanol–water partition coefficient (Wildman–Crippen LogP) is 3.16. The summed E-state index contributed by atoms with van der Waals surface area (Å²) in [4.78, 5) is 11.5. The molecule has 1 aromatic carbocycles. The Morgan fingerprint density at radius 2 is 2.12 bits per heavy atom. The highest BCUT2D eigenvalue weighted by molar-refractivity contribution is 5.92. The van der Waals surface area contributed by atoms with E-state index < -0.39 is 0 Å². The first-order chi connectivity index (χ1) is 7.65. The standard InChI is InChI=1S/C14H19NO/c1-10(2)8-11-6-7-12-4-3-5-14(16)15-13(12)9-11/h6-7,9-10H,3-5,8H2,1-2H3,(H,15,16). The quantitative estimate of drug-likeness (QED) is 0.810. The van der Waals surface area contributed by atoms with Gasteiger partial charge < -0.3 is 5.32 Å². The molecule has 0 unspecified atom stereocenters. The average Bonchev–Trinajstić information content (AvgIpc) is 2.37. The highest BCUT2D eigenvalue weighted by Crippen LogP contribution is 2.24. The molecule has 1 heterocycles. The second-order valence-electron chi connectivity index (χ2n) is 4.99. The van der Waals surface area contributed by atoms with Crippen LogP contribution >= 0.6 is 0 Å². The van der Waals surface area contributed by atoms with E-state index in [-0.39, 0.29) is 5.91 Å². The first-order valence-electron chi connectivity index (χ1n) is 6.07. The molecule has 0 radical (unpaired) electrons. The maximum absolute atomic E-state index is 11.5.